The predicted octanol–water partition coefficient (Wildman–Crippen LogP) is 3.21. The van der Waals surface area contributed by atoms with Crippen molar-refractivity contribution in [3.05, 3.63) is 66.2 Å². The number of nitrogens with one attached hydrogen (secondary N) is 1. The number of piperazine rings is 1. The van der Waals surface area contributed by atoms with Crippen LogP contribution in [0.2, 0.25) is 0 Å². The molecule has 3 rings (SSSR count). The first kappa shape index (κ1) is 14.6. The van der Waals surface area contributed by atoms with E-state index < -0.39 is 0 Å². The Morgan fingerprint density at radius 1 is 1.00 bits per heavy atom. The molecular formula is C18H21N3O. The molecule has 0 bridgehead atoms. The summed E-state index contributed by atoms with van der Waals surface area (Å²) in [6, 6.07) is 19.9. The molecule has 1 N–H and O–H groups in total. The number of carbonyl (C=O) groups excluding carboxylic acids is 1. The zero-order chi connectivity index (χ0) is 15.4. The van der Waals surface area contributed by atoms with Crippen LogP contribution in [0.4, 0.5) is 10.5 Å². The third-order valence-electron chi connectivity index (χ3n) is 4.05. The molecule has 0 saturated carbocycles. The Hall–Kier alpha value is -2.33. The van der Waals surface area contributed by atoms with Gasteiger partial charge in [-0.25, -0.2) is 4.79 Å². The van der Waals surface area contributed by atoms with E-state index in [4.69, 9.17) is 0 Å². The van der Waals surface area contributed by atoms with Crippen molar-refractivity contribution in [3.8, 4) is 0 Å². The van der Waals surface area contributed by atoms with Crippen molar-refractivity contribution in [2.75, 3.05) is 32.0 Å². The van der Waals surface area contributed by atoms with Crippen LogP contribution in [-0.4, -0.2) is 42.5 Å². The van der Waals surface area contributed by atoms with Gasteiger partial charge >= 0.3 is 6.03 Å². The van der Waals surface area contributed by atoms with Gasteiger partial charge in [-0.05, 0) is 24.7 Å². The normalized spacial score (nSPS) is 19.0. The monoisotopic (exact) mass is 295 g/mol. The number of hydrogen-bond acceptors (Lipinski definition) is 2. The SMILES string of the molecule is CN1CCN(C(=O)Nc2ccccc2)[C@@H](c2ccccc2)C1. The summed E-state index contributed by atoms with van der Waals surface area (Å²) >= 11 is 0. The number of para-hydroxylation sites is 1. The maximum absolute atomic E-state index is 12.7. The number of benzene rings is 2. The van der Waals surface area contributed by atoms with Crippen molar-refractivity contribution in [3.63, 3.8) is 0 Å². The fourth-order valence-corrected chi connectivity index (χ4v) is 2.84. The van der Waals surface area contributed by atoms with Crippen molar-refractivity contribution in [2.45, 2.75) is 6.04 Å². The highest BCUT2D eigenvalue weighted by Crippen LogP contribution is 2.25. The molecule has 1 heterocycles. The van der Waals surface area contributed by atoms with Crippen LogP contribution in [0.1, 0.15) is 11.6 Å². The Labute approximate surface area is 131 Å². The molecule has 1 aliphatic rings. The van der Waals surface area contributed by atoms with Crippen LogP contribution in [0.15, 0.2) is 60.7 Å². The molecule has 22 heavy (non-hydrogen) atoms. The van der Waals surface area contributed by atoms with Crippen LogP contribution in [0.5, 0.6) is 0 Å². The lowest BCUT2D eigenvalue weighted by molar-refractivity contribution is 0.117. The number of likely N-dealkylation sites (N-methyl/N-ethyl adjacent to an activating group) is 1. The number of rotatable bonds is 2. The Morgan fingerprint density at radius 2 is 1.64 bits per heavy atom. The van der Waals surface area contributed by atoms with Gasteiger partial charge in [-0.2, -0.15) is 0 Å². The first-order valence-electron chi connectivity index (χ1n) is 7.60. The summed E-state index contributed by atoms with van der Waals surface area (Å²) < 4.78 is 0. The fraction of sp³-hybridized carbons (Fsp3) is 0.278. The van der Waals surface area contributed by atoms with E-state index in [1.165, 1.54) is 5.56 Å². The summed E-state index contributed by atoms with van der Waals surface area (Å²) in [7, 11) is 2.10. The Kier molecular flexibility index (Phi) is 4.39. The molecule has 114 valence electrons. The van der Waals surface area contributed by atoms with Crippen LogP contribution in [0.3, 0.4) is 0 Å². The molecule has 2 aromatic carbocycles. The molecule has 1 saturated heterocycles. The highest BCUT2D eigenvalue weighted by atomic mass is 16.2. The standard InChI is InChI=1S/C18H21N3O/c1-20-12-13-21(17(14-20)15-8-4-2-5-9-15)18(22)19-16-10-6-3-7-11-16/h2-11,17H,12-14H2,1H3,(H,19,22)/t17-/m1/s1. The molecular weight excluding hydrogens is 274 g/mol. The molecule has 0 aromatic heterocycles. The van der Waals surface area contributed by atoms with Crippen LogP contribution in [0, 0.1) is 0 Å². The van der Waals surface area contributed by atoms with Crippen LogP contribution < -0.4 is 5.32 Å². The highest BCUT2D eigenvalue weighted by Gasteiger charge is 2.30. The van der Waals surface area contributed by atoms with E-state index in [-0.39, 0.29) is 12.1 Å². The number of amides is 2. The number of carbonyl (C=O) groups is 1. The van der Waals surface area contributed by atoms with Gasteiger partial charge < -0.3 is 15.1 Å². The molecule has 1 aliphatic heterocycles. The average Bonchev–Trinajstić information content (AvgIpc) is 2.56. The lowest BCUT2D eigenvalue weighted by Crippen LogP contribution is -2.50. The molecule has 2 aromatic rings. The van der Waals surface area contributed by atoms with E-state index in [2.05, 4.69) is 29.4 Å². The zero-order valence-electron chi connectivity index (χ0n) is 12.8. The maximum Gasteiger partial charge on any atom is 0.322 e. The number of urea groups is 1. The third-order valence-corrected chi connectivity index (χ3v) is 4.05. The Balaban J connectivity index is 1.79. The van der Waals surface area contributed by atoms with Gasteiger partial charge in [0.15, 0.2) is 0 Å². The summed E-state index contributed by atoms with van der Waals surface area (Å²) in [6.07, 6.45) is 0. The fourth-order valence-electron chi connectivity index (χ4n) is 2.84. The highest BCUT2D eigenvalue weighted by molar-refractivity contribution is 5.89. The first-order chi connectivity index (χ1) is 10.7. The molecule has 4 nitrogen and oxygen atoms in total. The van der Waals surface area contributed by atoms with Gasteiger partial charge in [-0.15, -0.1) is 0 Å². The van der Waals surface area contributed by atoms with Crippen molar-refractivity contribution in [1.29, 1.82) is 0 Å². The van der Waals surface area contributed by atoms with Gasteiger partial charge in [0, 0.05) is 25.3 Å². The molecule has 2 amide bonds. The van der Waals surface area contributed by atoms with Gasteiger partial charge in [0.05, 0.1) is 6.04 Å². The van der Waals surface area contributed by atoms with Gasteiger partial charge in [-0.1, -0.05) is 48.5 Å². The van der Waals surface area contributed by atoms with E-state index in [1.807, 2.05) is 53.4 Å². The molecule has 0 spiro atoms. The van der Waals surface area contributed by atoms with Crippen molar-refractivity contribution in [1.82, 2.24) is 9.80 Å². The van der Waals surface area contributed by atoms with Gasteiger partial charge in [0.25, 0.3) is 0 Å². The van der Waals surface area contributed by atoms with Crippen molar-refractivity contribution >= 4 is 11.7 Å². The van der Waals surface area contributed by atoms with Crippen molar-refractivity contribution in [2.24, 2.45) is 0 Å². The van der Waals surface area contributed by atoms with Gasteiger partial charge in [0.2, 0.25) is 0 Å². The average molecular weight is 295 g/mol. The summed E-state index contributed by atoms with van der Waals surface area (Å²) in [5, 5.41) is 2.99. The van der Waals surface area contributed by atoms with E-state index in [9.17, 15) is 4.79 Å². The molecule has 1 fully saturated rings. The summed E-state index contributed by atoms with van der Waals surface area (Å²) in [5.74, 6) is 0. The minimum absolute atomic E-state index is 0.0341. The molecule has 0 radical (unpaired) electrons. The van der Waals surface area contributed by atoms with Crippen LogP contribution in [0.25, 0.3) is 0 Å². The zero-order valence-corrected chi connectivity index (χ0v) is 12.8. The second kappa shape index (κ2) is 6.62. The third kappa shape index (κ3) is 3.28. The largest absolute Gasteiger partial charge is 0.322 e. The Morgan fingerprint density at radius 3 is 2.32 bits per heavy atom. The minimum atomic E-state index is -0.0341. The summed E-state index contributed by atoms with van der Waals surface area (Å²) in [6.45, 7) is 2.48. The molecule has 4 heteroatoms. The van der Waals surface area contributed by atoms with E-state index in [1.54, 1.807) is 0 Å². The van der Waals surface area contributed by atoms with E-state index >= 15 is 0 Å². The van der Waals surface area contributed by atoms with Gasteiger partial charge in [0.1, 0.15) is 0 Å². The van der Waals surface area contributed by atoms with Crippen LogP contribution in [-0.2, 0) is 0 Å². The number of anilines is 1. The summed E-state index contributed by atoms with van der Waals surface area (Å²) in [5.41, 5.74) is 2.01. The minimum Gasteiger partial charge on any atom is -0.315 e. The first-order valence-corrected chi connectivity index (χ1v) is 7.60. The quantitative estimate of drug-likeness (QED) is 0.923. The number of nitrogens with zero attached hydrogens (tertiary/aromatic N) is 2. The van der Waals surface area contributed by atoms with Crippen LogP contribution >= 0.6 is 0 Å². The van der Waals surface area contributed by atoms with Crippen molar-refractivity contribution < 1.29 is 4.79 Å². The molecule has 1 atom stereocenters. The summed E-state index contributed by atoms with van der Waals surface area (Å²) in [4.78, 5) is 16.9. The molecule has 0 aliphatic carbocycles. The lowest BCUT2D eigenvalue weighted by atomic mass is 10.0. The second-order valence-electron chi connectivity index (χ2n) is 5.68. The predicted molar refractivity (Wildman–Crippen MR) is 88.8 cm³/mol. The molecule has 0 unspecified atom stereocenters. The van der Waals surface area contributed by atoms with E-state index in [0.717, 1.165) is 25.3 Å². The lowest BCUT2D eigenvalue weighted by Gasteiger charge is -2.40. The van der Waals surface area contributed by atoms with E-state index in [0.29, 0.717) is 0 Å². The smallest absolute Gasteiger partial charge is 0.315 e. The van der Waals surface area contributed by atoms with Gasteiger partial charge in [-0.3, -0.25) is 0 Å². The Bertz CT molecular complexity index is 615. The second-order valence-corrected chi connectivity index (χ2v) is 5.68. The topological polar surface area (TPSA) is 35.6 Å². The number of hydrogen-bond donors (Lipinski definition) is 1. The maximum atomic E-state index is 12.7.